The van der Waals surface area contributed by atoms with Gasteiger partial charge < -0.3 is 18.5 Å². The van der Waals surface area contributed by atoms with Crippen molar-refractivity contribution in [2.24, 2.45) is 4.99 Å². The first-order valence-electron chi connectivity index (χ1n) is 7.58. The molecule has 1 aromatic carbocycles. The monoisotopic (exact) mass is 438 g/mol. The highest BCUT2D eigenvalue weighted by molar-refractivity contribution is 9.10. The smallest absolute Gasteiger partial charge is 0.337 e. The number of rotatable bonds is 5. The standard InChI is InChI=1S/C17H15BrN2O5S/c1-23-8-7-20-11-4-3-10(16(22)24-2)9-13(11)26-17(20)19-15(21)12-5-6-14(18)25-12/h3-6,9H,7-8H2,1-2H3. The van der Waals surface area contributed by atoms with Gasteiger partial charge in [0, 0.05) is 13.7 Å². The minimum Gasteiger partial charge on any atom is -0.465 e. The number of thiazole rings is 1. The third-order valence-corrected chi connectivity index (χ3v) is 5.07. The van der Waals surface area contributed by atoms with Crippen molar-refractivity contribution < 1.29 is 23.5 Å². The Kier molecular flexibility index (Phi) is 5.70. The number of nitrogens with zero attached hydrogens (tertiary/aromatic N) is 2. The van der Waals surface area contributed by atoms with Crippen molar-refractivity contribution in [3.8, 4) is 0 Å². The molecule has 0 N–H and O–H groups in total. The van der Waals surface area contributed by atoms with Gasteiger partial charge in [-0.1, -0.05) is 11.3 Å². The maximum Gasteiger partial charge on any atom is 0.337 e. The second-order valence-corrected chi connectivity index (χ2v) is 7.01. The summed E-state index contributed by atoms with van der Waals surface area (Å²) in [5.41, 5.74) is 1.29. The fourth-order valence-corrected chi connectivity index (χ4v) is 3.77. The summed E-state index contributed by atoms with van der Waals surface area (Å²) in [5, 5.41) is 0. The van der Waals surface area contributed by atoms with Crippen LogP contribution in [0.15, 0.2) is 44.4 Å². The summed E-state index contributed by atoms with van der Waals surface area (Å²) < 4.78 is 18.3. The van der Waals surface area contributed by atoms with Crippen LogP contribution in [0.1, 0.15) is 20.9 Å². The molecule has 26 heavy (non-hydrogen) atoms. The van der Waals surface area contributed by atoms with Crippen LogP contribution in [-0.2, 0) is 16.0 Å². The molecular weight excluding hydrogens is 424 g/mol. The van der Waals surface area contributed by atoms with Gasteiger partial charge in [-0.3, -0.25) is 4.79 Å². The molecule has 0 aliphatic rings. The average Bonchev–Trinajstić information content (AvgIpc) is 3.22. The predicted octanol–water partition coefficient (Wildman–Crippen LogP) is 3.23. The maximum atomic E-state index is 12.4. The molecule has 3 rings (SSSR count). The SMILES string of the molecule is COCCn1c(=NC(=O)c2ccc(Br)o2)sc2cc(C(=O)OC)ccc21. The number of hydrogen-bond donors (Lipinski definition) is 0. The summed E-state index contributed by atoms with van der Waals surface area (Å²) in [6.07, 6.45) is 0. The molecule has 0 unspecified atom stereocenters. The zero-order valence-corrected chi connectivity index (χ0v) is 16.4. The predicted molar refractivity (Wildman–Crippen MR) is 99.3 cm³/mol. The van der Waals surface area contributed by atoms with E-state index in [-0.39, 0.29) is 5.76 Å². The van der Waals surface area contributed by atoms with E-state index in [4.69, 9.17) is 13.9 Å². The second kappa shape index (κ2) is 7.98. The molecule has 0 aliphatic heterocycles. The molecule has 2 heterocycles. The number of carbonyl (C=O) groups is 2. The number of halogens is 1. The molecule has 7 nitrogen and oxygen atoms in total. The number of carbonyl (C=O) groups excluding carboxylic acids is 2. The summed E-state index contributed by atoms with van der Waals surface area (Å²) in [4.78, 5) is 28.8. The summed E-state index contributed by atoms with van der Waals surface area (Å²) in [5.74, 6) is -0.761. The Bertz CT molecular complexity index is 1030. The molecule has 136 valence electrons. The van der Waals surface area contributed by atoms with Gasteiger partial charge in [0.05, 0.1) is 29.5 Å². The van der Waals surface area contributed by atoms with E-state index in [0.717, 1.165) is 10.2 Å². The second-order valence-electron chi connectivity index (χ2n) is 5.22. The molecule has 0 bridgehead atoms. The number of esters is 1. The van der Waals surface area contributed by atoms with Crippen LogP contribution in [0, 0.1) is 0 Å². The van der Waals surface area contributed by atoms with Crippen molar-refractivity contribution in [3.05, 3.63) is 51.1 Å². The number of methoxy groups -OCH3 is 2. The van der Waals surface area contributed by atoms with Crippen molar-refractivity contribution >= 4 is 49.4 Å². The maximum absolute atomic E-state index is 12.4. The largest absolute Gasteiger partial charge is 0.465 e. The van der Waals surface area contributed by atoms with Crippen LogP contribution in [0.3, 0.4) is 0 Å². The van der Waals surface area contributed by atoms with Crippen molar-refractivity contribution in [2.45, 2.75) is 6.54 Å². The van der Waals surface area contributed by atoms with Crippen LogP contribution >= 0.6 is 27.3 Å². The van der Waals surface area contributed by atoms with Gasteiger partial charge >= 0.3 is 11.9 Å². The van der Waals surface area contributed by atoms with Gasteiger partial charge in [-0.25, -0.2) is 4.79 Å². The lowest BCUT2D eigenvalue weighted by Crippen LogP contribution is -2.19. The summed E-state index contributed by atoms with van der Waals surface area (Å²) in [6, 6.07) is 8.40. The van der Waals surface area contributed by atoms with Crippen molar-refractivity contribution in [2.75, 3.05) is 20.8 Å². The zero-order chi connectivity index (χ0) is 18.7. The number of amides is 1. The Hall–Kier alpha value is -2.23. The topological polar surface area (TPSA) is 83.0 Å². The Morgan fingerprint density at radius 3 is 2.73 bits per heavy atom. The molecule has 0 saturated heterocycles. The lowest BCUT2D eigenvalue weighted by molar-refractivity contribution is 0.0601. The third-order valence-electron chi connectivity index (χ3n) is 3.60. The zero-order valence-electron chi connectivity index (χ0n) is 14.0. The lowest BCUT2D eigenvalue weighted by atomic mass is 10.2. The number of fused-ring (bicyclic) bond motifs is 1. The fourth-order valence-electron chi connectivity index (χ4n) is 2.37. The van der Waals surface area contributed by atoms with Crippen LogP contribution in [0.25, 0.3) is 10.2 Å². The lowest BCUT2D eigenvalue weighted by Gasteiger charge is -2.04. The highest BCUT2D eigenvalue weighted by atomic mass is 79.9. The van der Waals surface area contributed by atoms with E-state index in [1.165, 1.54) is 18.4 Å². The summed E-state index contributed by atoms with van der Waals surface area (Å²) in [7, 11) is 2.94. The first-order chi connectivity index (χ1) is 12.5. The van der Waals surface area contributed by atoms with Crippen molar-refractivity contribution in [1.82, 2.24) is 4.57 Å². The fraction of sp³-hybridized carbons (Fsp3) is 0.235. The Labute approximate surface area is 161 Å². The third kappa shape index (κ3) is 3.79. The van der Waals surface area contributed by atoms with Crippen LogP contribution < -0.4 is 4.80 Å². The van der Waals surface area contributed by atoms with E-state index >= 15 is 0 Å². The molecule has 0 aliphatic carbocycles. The number of hydrogen-bond acceptors (Lipinski definition) is 6. The van der Waals surface area contributed by atoms with Crippen LogP contribution in [0.4, 0.5) is 0 Å². The van der Waals surface area contributed by atoms with E-state index in [0.29, 0.717) is 28.2 Å². The van der Waals surface area contributed by atoms with Gasteiger partial charge in [0.2, 0.25) is 0 Å². The summed E-state index contributed by atoms with van der Waals surface area (Å²) >= 11 is 4.47. The van der Waals surface area contributed by atoms with Crippen molar-refractivity contribution in [1.29, 1.82) is 0 Å². The molecule has 0 atom stereocenters. The summed E-state index contributed by atoms with van der Waals surface area (Å²) in [6.45, 7) is 0.973. The minimum atomic E-state index is -0.485. The van der Waals surface area contributed by atoms with Crippen LogP contribution in [0.2, 0.25) is 0 Å². The van der Waals surface area contributed by atoms with E-state index in [9.17, 15) is 9.59 Å². The van der Waals surface area contributed by atoms with Gasteiger partial charge in [-0.2, -0.15) is 4.99 Å². The molecule has 3 aromatic rings. The highest BCUT2D eigenvalue weighted by Crippen LogP contribution is 2.20. The molecule has 0 spiro atoms. The Morgan fingerprint density at radius 2 is 2.08 bits per heavy atom. The van der Waals surface area contributed by atoms with E-state index < -0.39 is 11.9 Å². The molecule has 0 saturated carbocycles. The highest BCUT2D eigenvalue weighted by Gasteiger charge is 2.14. The Morgan fingerprint density at radius 1 is 1.27 bits per heavy atom. The number of furan rings is 1. The first kappa shape index (κ1) is 18.6. The van der Waals surface area contributed by atoms with Gasteiger partial charge in [-0.15, -0.1) is 0 Å². The van der Waals surface area contributed by atoms with Crippen molar-refractivity contribution in [3.63, 3.8) is 0 Å². The number of aromatic nitrogens is 1. The van der Waals surface area contributed by atoms with Gasteiger partial charge in [0.25, 0.3) is 0 Å². The first-order valence-corrected chi connectivity index (χ1v) is 9.19. The molecule has 1 amide bonds. The van der Waals surface area contributed by atoms with E-state index in [1.54, 1.807) is 37.4 Å². The van der Waals surface area contributed by atoms with Crippen LogP contribution in [-0.4, -0.2) is 37.3 Å². The molecule has 9 heteroatoms. The molecular formula is C17H15BrN2O5S. The van der Waals surface area contributed by atoms with Gasteiger partial charge in [0.1, 0.15) is 0 Å². The number of ether oxygens (including phenoxy) is 2. The minimum absolute atomic E-state index is 0.142. The Balaban J connectivity index is 2.11. The quantitative estimate of drug-likeness (QED) is 0.570. The molecule has 2 aromatic heterocycles. The molecule has 0 radical (unpaired) electrons. The van der Waals surface area contributed by atoms with Crippen LogP contribution in [0.5, 0.6) is 0 Å². The van der Waals surface area contributed by atoms with E-state index in [1.807, 2.05) is 4.57 Å². The van der Waals surface area contributed by atoms with Gasteiger partial charge in [-0.05, 0) is 46.3 Å². The average molecular weight is 439 g/mol. The van der Waals surface area contributed by atoms with Gasteiger partial charge in [0.15, 0.2) is 15.2 Å². The molecule has 0 fully saturated rings. The van der Waals surface area contributed by atoms with E-state index in [2.05, 4.69) is 20.9 Å². The normalized spacial score (nSPS) is 11.9. The number of benzene rings is 1.